The molecule has 11 heteroatoms. The maximum Gasteiger partial charge on any atom is 0.241 e. The minimum absolute atomic E-state index is 0.0794. The van der Waals surface area contributed by atoms with E-state index in [0.717, 1.165) is 39.2 Å². The van der Waals surface area contributed by atoms with Crippen LogP contribution in [0, 0.1) is 18.3 Å². The maximum atomic E-state index is 9.02. The van der Waals surface area contributed by atoms with Gasteiger partial charge in [0.1, 0.15) is 12.2 Å². The molecule has 1 N–H and O–H groups in total. The van der Waals surface area contributed by atoms with Gasteiger partial charge >= 0.3 is 0 Å². The summed E-state index contributed by atoms with van der Waals surface area (Å²) in [5.41, 5.74) is 5.88. The number of aryl methyl sites for hydroxylation is 3. The SMILES string of the molecule is Cc1nn(C)c2c1-c1cnc3n[nH]c(c3c1)/C=C/c1c(OCC#N)nn(C)c1CN(C)C[C@H](C)O2. The highest BCUT2D eigenvalue weighted by molar-refractivity contribution is 5.91. The van der Waals surface area contributed by atoms with Gasteiger partial charge in [0.2, 0.25) is 11.8 Å². The number of nitrogens with one attached hydrogen (secondary N) is 1. The first-order valence-corrected chi connectivity index (χ1v) is 11.3. The van der Waals surface area contributed by atoms with Crippen molar-refractivity contribution in [2.24, 2.45) is 14.1 Å². The number of fused-ring (bicyclic) bond motifs is 4. The number of hydrogen-bond donors (Lipinski definition) is 1. The zero-order valence-corrected chi connectivity index (χ0v) is 20.4. The van der Waals surface area contributed by atoms with Gasteiger partial charge in [0.05, 0.1) is 28.2 Å². The van der Waals surface area contributed by atoms with E-state index in [1.54, 1.807) is 15.6 Å². The second kappa shape index (κ2) is 8.88. The normalized spacial score (nSPS) is 17.2. The van der Waals surface area contributed by atoms with Crippen molar-refractivity contribution in [3.63, 3.8) is 0 Å². The average Bonchev–Trinajstić information content (AvgIpc) is 3.43. The fourth-order valence-electron chi connectivity index (χ4n) is 4.55. The molecule has 0 fully saturated rings. The molecule has 5 rings (SSSR count). The Morgan fingerprint density at radius 1 is 1.23 bits per heavy atom. The van der Waals surface area contributed by atoms with E-state index in [2.05, 4.69) is 36.3 Å². The average molecular weight is 474 g/mol. The van der Waals surface area contributed by atoms with E-state index < -0.39 is 0 Å². The van der Waals surface area contributed by atoms with E-state index in [1.165, 1.54) is 0 Å². The number of pyridine rings is 1. The van der Waals surface area contributed by atoms with Gasteiger partial charge < -0.3 is 9.47 Å². The molecule has 0 aromatic carbocycles. The van der Waals surface area contributed by atoms with Gasteiger partial charge in [0, 0.05) is 44.3 Å². The molecule has 1 atom stereocenters. The van der Waals surface area contributed by atoms with Crippen LogP contribution in [0.4, 0.5) is 0 Å². The van der Waals surface area contributed by atoms with Crippen molar-refractivity contribution in [3.05, 3.63) is 34.9 Å². The number of aromatic nitrogens is 7. The summed E-state index contributed by atoms with van der Waals surface area (Å²) in [5, 5.41) is 26.5. The van der Waals surface area contributed by atoms with Crippen LogP contribution >= 0.6 is 0 Å². The Bertz CT molecular complexity index is 1470. The molecule has 4 aromatic rings. The first-order chi connectivity index (χ1) is 16.9. The quantitative estimate of drug-likeness (QED) is 0.471. The van der Waals surface area contributed by atoms with Crippen molar-refractivity contribution in [1.29, 1.82) is 5.26 Å². The third-order valence-corrected chi connectivity index (χ3v) is 6.06. The number of nitrogens with zero attached hydrogens (tertiary/aromatic N) is 8. The molecule has 180 valence electrons. The van der Waals surface area contributed by atoms with Crippen molar-refractivity contribution >= 4 is 23.2 Å². The van der Waals surface area contributed by atoms with Gasteiger partial charge in [-0.2, -0.15) is 15.5 Å². The Kier molecular flexibility index (Phi) is 5.74. The van der Waals surface area contributed by atoms with Crippen molar-refractivity contribution in [3.8, 4) is 29.0 Å². The molecule has 5 heterocycles. The van der Waals surface area contributed by atoms with Crippen LogP contribution < -0.4 is 9.47 Å². The third-order valence-electron chi connectivity index (χ3n) is 6.06. The molecule has 1 aliphatic rings. The van der Waals surface area contributed by atoms with Gasteiger partial charge in [-0.1, -0.05) is 0 Å². The Labute approximate surface area is 202 Å². The summed E-state index contributed by atoms with van der Waals surface area (Å²) >= 11 is 0. The second-order valence-electron chi connectivity index (χ2n) is 8.82. The summed E-state index contributed by atoms with van der Waals surface area (Å²) in [6, 6.07) is 4.07. The van der Waals surface area contributed by atoms with Gasteiger partial charge in [-0.25, -0.2) is 9.67 Å². The van der Waals surface area contributed by atoms with Crippen LogP contribution in [0.15, 0.2) is 12.3 Å². The predicted molar refractivity (Wildman–Crippen MR) is 130 cm³/mol. The summed E-state index contributed by atoms with van der Waals surface area (Å²) in [6.07, 6.45) is 5.58. The summed E-state index contributed by atoms with van der Waals surface area (Å²) in [5.74, 6) is 1.12. The lowest BCUT2D eigenvalue weighted by atomic mass is 10.1. The molecule has 0 amide bonds. The van der Waals surface area contributed by atoms with E-state index >= 15 is 0 Å². The summed E-state index contributed by atoms with van der Waals surface area (Å²) in [6.45, 7) is 5.22. The molecule has 11 nitrogen and oxygen atoms in total. The first kappa shape index (κ1) is 22.6. The van der Waals surface area contributed by atoms with Crippen LogP contribution in [0.5, 0.6) is 11.8 Å². The van der Waals surface area contributed by atoms with Gasteiger partial charge in [0.25, 0.3) is 0 Å². The summed E-state index contributed by atoms with van der Waals surface area (Å²) < 4.78 is 15.6. The highest BCUT2D eigenvalue weighted by atomic mass is 16.5. The fraction of sp³-hybridized carbons (Fsp3) is 0.375. The number of ether oxygens (including phenoxy) is 2. The minimum atomic E-state index is -0.110. The maximum absolute atomic E-state index is 9.02. The number of aromatic amines is 1. The number of H-pyrrole nitrogens is 1. The molecule has 1 aliphatic heterocycles. The van der Waals surface area contributed by atoms with Crippen LogP contribution in [-0.2, 0) is 20.6 Å². The Morgan fingerprint density at radius 2 is 2.06 bits per heavy atom. The highest BCUT2D eigenvalue weighted by Crippen LogP contribution is 2.35. The van der Waals surface area contributed by atoms with E-state index in [4.69, 9.17) is 14.7 Å². The monoisotopic (exact) mass is 473 g/mol. The smallest absolute Gasteiger partial charge is 0.241 e. The lowest BCUT2D eigenvalue weighted by Crippen LogP contribution is -2.32. The summed E-state index contributed by atoms with van der Waals surface area (Å²) in [4.78, 5) is 6.75. The molecule has 0 radical (unpaired) electrons. The number of hydrogen-bond acceptors (Lipinski definition) is 8. The first-order valence-electron chi connectivity index (χ1n) is 11.3. The van der Waals surface area contributed by atoms with Crippen LogP contribution in [-0.4, -0.2) is 65.9 Å². The van der Waals surface area contributed by atoms with Crippen LogP contribution in [0.1, 0.15) is 29.6 Å². The molecule has 0 saturated carbocycles. The minimum Gasteiger partial charge on any atom is -0.473 e. The van der Waals surface area contributed by atoms with Crippen molar-refractivity contribution in [2.45, 2.75) is 26.5 Å². The van der Waals surface area contributed by atoms with E-state index in [1.807, 2.05) is 53.2 Å². The van der Waals surface area contributed by atoms with Crippen LogP contribution in [0.2, 0.25) is 0 Å². The molecule has 0 aliphatic carbocycles. The van der Waals surface area contributed by atoms with Crippen molar-refractivity contribution < 1.29 is 9.47 Å². The largest absolute Gasteiger partial charge is 0.473 e. The van der Waals surface area contributed by atoms with Gasteiger partial charge in [-0.05, 0) is 39.1 Å². The lowest BCUT2D eigenvalue weighted by Gasteiger charge is -2.23. The zero-order chi connectivity index (χ0) is 24.7. The third kappa shape index (κ3) is 4.13. The number of nitriles is 1. The molecule has 0 unspecified atom stereocenters. The Balaban J connectivity index is 1.70. The molecule has 0 spiro atoms. The second-order valence-corrected chi connectivity index (χ2v) is 8.82. The molecule has 2 bridgehead atoms. The predicted octanol–water partition coefficient (Wildman–Crippen LogP) is 2.69. The number of rotatable bonds is 2. The van der Waals surface area contributed by atoms with E-state index in [0.29, 0.717) is 30.5 Å². The van der Waals surface area contributed by atoms with Crippen LogP contribution in [0.3, 0.4) is 0 Å². The lowest BCUT2D eigenvalue weighted by molar-refractivity contribution is 0.147. The molecule has 0 saturated heterocycles. The molecule has 35 heavy (non-hydrogen) atoms. The Morgan fingerprint density at radius 3 is 2.86 bits per heavy atom. The molecular formula is C24H27N9O2. The van der Waals surface area contributed by atoms with Crippen molar-refractivity contribution in [2.75, 3.05) is 20.2 Å². The summed E-state index contributed by atoms with van der Waals surface area (Å²) in [7, 11) is 5.80. The topological polar surface area (TPSA) is 123 Å². The van der Waals surface area contributed by atoms with Crippen LogP contribution in [0.25, 0.3) is 34.3 Å². The van der Waals surface area contributed by atoms with Gasteiger partial charge in [-0.3, -0.25) is 14.7 Å². The van der Waals surface area contributed by atoms with Gasteiger partial charge in [0.15, 0.2) is 12.3 Å². The standard InChI is InChI=1S/C24H27N9O2/c1-14-12-31(3)13-20-17(23(30-32(20)4)34-9-8-25)6-7-19-18-10-16(11-26-22(18)28-27-19)21-15(2)29-33(5)24(21)35-14/h6-7,10-11,14H,9,12-13H2,1-5H3,(H,26,27,28)/b7-6+/t14-/m0/s1. The van der Waals surface area contributed by atoms with E-state index in [9.17, 15) is 0 Å². The van der Waals surface area contributed by atoms with Crippen molar-refractivity contribution in [1.82, 2.24) is 39.6 Å². The van der Waals surface area contributed by atoms with Gasteiger partial charge in [-0.15, -0.1) is 5.10 Å². The number of likely N-dealkylation sites (N-methyl/N-ethyl adjacent to an activating group) is 1. The fourth-order valence-corrected chi connectivity index (χ4v) is 4.55. The molecule has 4 aromatic heterocycles. The zero-order valence-electron chi connectivity index (χ0n) is 20.4. The molecular weight excluding hydrogens is 446 g/mol. The highest BCUT2D eigenvalue weighted by Gasteiger charge is 2.23. The Hall–Kier alpha value is -4.17. The van der Waals surface area contributed by atoms with E-state index in [-0.39, 0.29) is 12.7 Å².